The maximum absolute atomic E-state index is 11.2. The Balaban J connectivity index is 3.02. The van der Waals surface area contributed by atoms with Gasteiger partial charge in [0.15, 0.2) is 0 Å². The van der Waals surface area contributed by atoms with Crippen molar-refractivity contribution in [2.45, 2.75) is 6.54 Å². The molecule has 6 heteroatoms. The standard InChI is InChI=1S/C8H9N5O/c9-12-8(14)7-4-2-1-3-6(7)5-11-13-10/h1-4H,5,9H2,(H,12,14). The van der Waals surface area contributed by atoms with Crippen LogP contribution in [0.2, 0.25) is 0 Å². The van der Waals surface area contributed by atoms with Crippen LogP contribution in [0.5, 0.6) is 0 Å². The third-order valence-electron chi connectivity index (χ3n) is 1.70. The molecule has 0 fully saturated rings. The molecule has 72 valence electrons. The summed E-state index contributed by atoms with van der Waals surface area (Å²) >= 11 is 0. The number of hydrazine groups is 1. The van der Waals surface area contributed by atoms with E-state index in [0.29, 0.717) is 11.1 Å². The van der Waals surface area contributed by atoms with Gasteiger partial charge in [-0.05, 0) is 17.2 Å². The normalized spacial score (nSPS) is 8.93. The Kier molecular flexibility index (Phi) is 3.49. The summed E-state index contributed by atoms with van der Waals surface area (Å²) in [6, 6.07) is 6.80. The second-order valence-corrected chi connectivity index (χ2v) is 2.52. The molecule has 0 spiro atoms. The number of carbonyl (C=O) groups is 1. The first-order valence-corrected chi connectivity index (χ1v) is 3.89. The van der Waals surface area contributed by atoms with E-state index in [9.17, 15) is 4.79 Å². The molecular weight excluding hydrogens is 182 g/mol. The van der Waals surface area contributed by atoms with Crippen molar-refractivity contribution in [1.29, 1.82) is 0 Å². The number of amides is 1. The summed E-state index contributed by atoms with van der Waals surface area (Å²) in [7, 11) is 0. The number of rotatable bonds is 3. The van der Waals surface area contributed by atoms with Gasteiger partial charge in [-0.1, -0.05) is 23.3 Å². The highest BCUT2D eigenvalue weighted by Crippen LogP contribution is 2.09. The van der Waals surface area contributed by atoms with Crippen LogP contribution in [0, 0.1) is 0 Å². The van der Waals surface area contributed by atoms with E-state index in [1.807, 2.05) is 5.43 Å². The number of nitrogen functional groups attached to an aromatic ring is 1. The number of hydrogen-bond donors (Lipinski definition) is 2. The summed E-state index contributed by atoms with van der Waals surface area (Å²) in [5.74, 6) is 4.60. The first-order chi connectivity index (χ1) is 6.79. The predicted octanol–water partition coefficient (Wildman–Crippen LogP) is 1.10. The predicted molar refractivity (Wildman–Crippen MR) is 50.9 cm³/mol. The molecule has 0 radical (unpaired) electrons. The van der Waals surface area contributed by atoms with E-state index >= 15 is 0 Å². The van der Waals surface area contributed by atoms with Crippen LogP contribution in [-0.4, -0.2) is 5.91 Å². The van der Waals surface area contributed by atoms with E-state index in [2.05, 4.69) is 10.0 Å². The largest absolute Gasteiger partial charge is 0.290 e. The van der Waals surface area contributed by atoms with E-state index in [4.69, 9.17) is 11.4 Å². The molecule has 0 heterocycles. The number of nitrogens with two attached hydrogens (primary N) is 1. The lowest BCUT2D eigenvalue weighted by atomic mass is 10.1. The first kappa shape index (κ1) is 10.0. The lowest BCUT2D eigenvalue weighted by Gasteiger charge is -2.04. The van der Waals surface area contributed by atoms with Gasteiger partial charge in [0.2, 0.25) is 0 Å². The van der Waals surface area contributed by atoms with Gasteiger partial charge < -0.3 is 0 Å². The summed E-state index contributed by atoms with van der Waals surface area (Å²) in [6.07, 6.45) is 0. The number of nitrogens with zero attached hydrogens (tertiary/aromatic N) is 3. The molecule has 0 saturated carbocycles. The van der Waals surface area contributed by atoms with Gasteiger partial charge in [0.05, 0.1) is 6.54 Å². The van der Waals surface area contributed by atoms with Crippen LogP contribution < -0.4 is 11.3 Å². The molecule has 0 unspecified atom stereocenters. The van der Waals surface area contributed by atoms with Crippen LogP contribution in [0.4, 0.5) is 0 Å². The molecule has 0 aliphatic rings. The van der Waals surface area contributed by atoms with Crippen LogP contribution in [0.15, 0.2) is 29.4 Å². The molecule has 0 bridgehead atoms. The van der Waals surface area contributed by atoms with E-state index in [1.165, 1.54) is 0 Å². The molecule has 0 saturated heterocycles. The Bertz CT molecular complexity index is 383. The minimum absolute atomic E-state index is 0.139. The lowest BCUT2D eigenvalue weighted by molar-refractivity contribution is 0.0952. The van der Waals surface area contributed by atoms with E-state index < -0.39 is 5.91 Å². The fourth-order valence-electron chi connectivity index (χ4n) is 1.07. The number of carbonyl (C=O) groups excluding carboxylic acids is 1. The summed E-state index contributed by atoms with van der Waals surface area (Å²) < 4.78 is 0. The summed E-state index contributed by atoms with van der Waals surface area (Å²) in [5.41, 5.74) is 11.2. The monoisotopic (exact) mass is 191 g/mol. The van der Waals surface area contributed by atoms with Crippen molar-refractivity contribution in [3.8, 4) is 0 Å². The quantitative estimate of drug-likeness (QED) is 0.186. The van der Waals surface area contributed by atoms with Crippen LogP contribution in [0.1, 0.15) is 15.9 Å². The summed E-state index contributed by atoms with van der Waals surface area (Å²) in [5, 5.41) is 3.38. The van der Waals surface area contributed by atoms with E-state index in [0.717, 1.165) is 0 Å². The SMILES string of the molecule is [N-]=[N+]=NCc1ccccc1C(=O)NN. The van der Waals surface area contributed by atoms with Gasteiger partial charge in [-0.3, -0.25) is 10.2 Å². The zero-order valence-electron chi connectivity index (χ0n) is 7.34. The fourth-order valence-corrected chi connectivity index (χ4v) is 1.07. The smallest absolute Gasteiger partial charge is 0.265 e. The molecular formula is C8H9N5O. The van der Waals surface area contributed by atoms with Crippen LogP contribution >= 0.6 is 0 Å². The molecule has 0 aromatic heterocycles. The molecule has 0 aliphatic heterocycles. The second-order valence-electron chi connectivity index (χ2n) is 2.52. The van der Waals surface area contributed by atoms with Gasteiger partial charge in [0.25, 0.3) is 5.91 Å². The van der Waals surface area contributed by atoms with Crippen LogP contribution in [-0.2, 0) is 6.54 Å². The number of hydrogen-bond acceptors (Lipinski definition) is 3. The van der Waals surface area contributed by atoms with Crippen molar-refractivity contribution < 1.29 is 4.79 Å². The minimum Gasteiger partial charge on any atom is -0.290 e. The third kappa shape index (κ3) is 2.22. The average Bonchev–Trinajstić information content (AvgIpc) is 2.25. The number of azide groups is 1. The molecule has 0 aliphatic carbocycles. The molecule has 3 N–H and O–H groups in total. The van der Waals surface area contributed by atoms with Gasteiger partial charge in [0, 0.05) is 10.5 Å². The highest BCUT2D eigenvalue weighted by atomic mass is 16.2. The number of nitrogens with one attached hydrogen (secondary N) is 1. The van der Waals surface area contributed by atoms with Crippen molar-refractivity contribution >= 4 is 5.91 Å². The number of benzene rings is 1. The van der Waals surface area contributed by atoms with E-state index in [1.54, 1.807) is 24.3 Å². The Hall–Kier alpha value is -2.04. The summed E-state index contributed by atoms with van der Waals surface area (Å²) in [4.78, 5) is 13.8. The zero-order valence-corrected chi connectivity index (χ0v) is 7.34. The van der Waals surface area contributed by atoms with Crippen molar-refractivity contribution in [1.82, 2.24) is 5.43 Å². The maximum atomic E-state index is 11.2. The maximum Gasteiger partial charge on any atom is 0.265 e. The molecule has 1 aromatic rings. The Morgan fingerprint density at radius 2 is 2.29 bits per heavy atom. The molecule has 6 nitrogen and oxygen atoms in total. The molecule has 1 aromatic carbocycles. The van der Waals surface area contributed by atoms with Crippen LogP contribution in [0.3, 0.4) is 0 Å². The highest BCUT2D eigenvalue weighted by molar-refractivity contribution is 5.95. The Labute approximate surface area is 80.3 Å². The topological polar surface area (TPSA) is 104 Å². The van der Waals surface area contributed by atoms with Gasteiger partial charge >= 0.3 is 0 Å². The minimum atomic E-state index is -0.395. The van der Waals surface area contributed by atoms with Crippen molar-refractivity contribution in [2.75, 3.05) is 0 Å². The van der Waals surface area contributed by atoms with Crippen molar-refractivity contribution in [2.24, 2.45) is 11.0 Å². The van der Waals surface area contributed by atoms with E-state index in [-0.39, 0.29) is 6.54 Å². The third-order valence-corrected chi connectivity index (χ3v) is 1.70. The molecule has 1 amide bonds. The fraction of sp³-hybridized carbons (Fsp3) is 0.125. The Morgan fingerprint density at radius 1 is 1.57 bits per heavy atom. The summed E-state index contributed by atoms with van der Waals surface area (Å²) in [6.45, 7) is 0.139. The zero-order chi connectivity index (χ0) is 10.4. The lowest BCUT2D eigenvalue weighted by Crippen LogP contribution is -2.30. The van der Waals surface area contributed by atoms with Gasteiger partial charge in [-0.2, -0.15) is 0 Å². The van der Waals surface area contributed by atoms with Gasteiger partial charge in [-0.25, -0.2) is 5.84 Å². The molecule has 0 atom stereocenters. The molecule has 1 rings (SSSR count). The first-order valence-electron chi connectivity index (χ1n) is 3.89. The highest BCUT2D eigenvalue weighted by Gasteiger charge is 2.07. The van der Waals surface area contributed by atoms with Gasteiger partial charge in [-0.15, -0.1) is 0 Å². The van der Waals surface area contributed by atoms with Gasteiger partial charge in [0.1, 0.15) is 0 Å². The van der Waals surface area contributed by atoms with Crippen molar-refractivity contribution in [3.05, 3.63) is 45.8 Å². The average molecular weight is 191 g/mol. The second kappa shape index (κ2) is 4.86. The van der Waals surface area contributed by atoms with Crippen LogP contribution in [0.25, 0.3) is 10.4 Å². The van der Waals surface area contributed by atoms with Crippen molar-refractivity contribution in [3.63, 3.8) is 0 Å². The molecule has 14 heavy (non-hydrogen) atoms. The Morgan fingerprint density at radius 3 is 2.93 bits per heavy atom.